The maximum Gasteiger partial charge on any atom is 0.298 e. The fourth-order valence-electron chi connectivity index (χ4n) is 2.96. The third-order valence-corrected chi connectivity index (χ3v) is 4.75. The number of nitrogens with zero attached hydrogens (tertiary/aromatic N) is 1. The molecule has 4 rings (SSSR count). The van der Waals surface area contributed by atoms with Crippen molar-refractivity contribution in [2.75, 3.05) is 0 Å². The molecule has 0 aliphatic heterocycles. The third-order valence-electron chi connectivity index (χ3n) is 4.49. The van der Waals surface area contributed by atoms with Crippen LogP contribution in [0.1, 0.15) is 21.5 Å². The molecule has 140 valence electrons. The van der Waals surface area contributed by atoms with Crippen LogP contribution in [0.15, 0.2) is 66.7 Å². The SMILES string of the molecule is NC(=O)c1ccc2nc(-c3ccc(C(F)(F)c4ccc(Cl)cc4)cc3)[nH]c2c1. The average Bonchev–Trinajstić information content (AvgIpc) is 3.11. The Morgan fingerprint density at radius 3 is 2.18 bits per heavy atom. The second-order valence-electron chi connectivity index (χ2n) is 6.34. The zero-order valence-electron chi connectivity index (χ0n) is 14.4. The van der Waals surface area contributed by atoms with Crippen molar-refractivity contribution < 1.29 is 13.6 Å². The highest BCUT2D eigenvalue weighted by Gasteiger charge is 2.33. The lowest BCUT2D eigenvalue weighted by Crippen LogP contribution is -2.14. The Kier molecular flexibility index (Phi) is 4.35. The van der Waals surface area contributed by atoms with E-state index in [9.17, 15) is 13.6 Å². The summed E-state index contributed by atoms with van der Waals surface area (Å²) in [6, 6.07) is 16.3. The lowest BCUT2D eigenvalue weighted by atomic mass is 9.99. The van der Waals surface area contributed by atoms with Crippen molar-refractivity contribution in [3.8, 4) is 11.4 Å². The summed E-state index contributed by atoms with van der Waals surface area (Å²) in [5.41, 5.74) is 7.32. The van der Waals surface area contributed by atoms with Gasteiger partial charge in [-0.2, -0.15) is 8.78 Å². The van der Waals surface area contributed by atoms with E-state index in [2.05, 4.69) is 9.97 Å². The number of benzene rings is 3. The van der Waals surface area contributed by atoms with Crippen molar-refractivity contribution in [3.63, 3.8) is 0 Å². The van der Waals surface area contributed by atoms with E-state index in [1.54, 1.807) is 30.3 Å². The zero-order chi connectivity index (χ0) is 19.9. The van der Waals surface area contributed by atoms with Crippen LogP contribution in [-0.4, -0.2) is 15.9 Å². The monoisotopic (exact) mass is 397 g/mol. The van der Waals surface area contributed by atoms with Crippen molar-refractivity contribution in [2.24, 2.45) is 5.73 Å². The number of hydrogen-bond donors (Lipinski definition) is 2. The van der Waals surface area contributed by atoms with Crippen LogP contribution in [0.2, 0.25) is 5.02 Å². The lowest BCUT2D eigenvalue weighted by Gasteiger charge is -2.17. The molecular formula is C21H14ClF2N3O. The van der Waals surface area contributed by atoms with Crippen molar-refractivity contribution in [1.29, 1.82) is 0 Å². The molecule has 3 aromatic carbocycles. The van der Waals surface area contributed by atoms with Gasteiger partial charge >= 0.3 is 0 Å². The van der Waals surface area contributed by atoms with Gasteiger partial charge in [-0.3, -0.25) is 4.79 Å². The number of halogens is 3. The van der Waals surface area contributed by atoms with E-state index in [1.165, 1.54) is 36.4 Å². The number of H-pyrrole nitrogens is 1. The van der Waals surface area contributed by atoms with E-state index < -0.39 is 11.8 Å². The minimum absolute atomic E-state index is 0.132. The number of alkyl halides is 2. The Morgan fingerprint density at radius 2 is 1.57 bits per heavy atom. The summed E-state index contributed by atoms with van der Waals surface area (Å²) in [4.78, 5) is 18.8. The maximum atomic E-state index is 14.7. The number of rotatable bonds is 4. The summed E-state index contributed by atoms with van der Waals surface area (Å²) in [6.07, 6.45) is 0. The normalized spacial score (nSPS) is 11.7. The van der Waals surface area contributed by atoms with Crippen molar-refractivity contribution in [3.05, 3.63) is 88.4 Å². The van der Waals surface area contributed by atoms with Crippen molar-refractivity contribution in [2.45, 2.75) is 5.92 Å². The number of aromatic nitrogens is 2. The van der Waals surface area contributed by atoms with Crippen LogP contribution in [0.3, 0.4) is 0 Å². The predicted octanol–water partition coefficient (Wildman–Crippen LogP) is 5.12. The average molecular weight is 398 g/mol. The maximum absolute atomic E-state index is 14.7. The minimum Gasteiger partial charge on any atom is -0.366 e. The summed E-state index contributed by atoms with van der Waals surface area (Å²) in [6.45, 7) is 0. The fourth-order valence-corrected chi connectivity index (χ4v) is 3.09. The molecule has 1 amide bonds. The highest BCUT2D eigenvalue weighted by atomic mass is 35.5. The van der Waals surface area contributed by atoms with Gasteiger partial charge in [0.2, 0.25) is 5.91 Å². The molecular weight excluding hydrogens is 384 g/mol. The number of fused-ring (bicyclic) bond motifs is 1. The number of imidazole rings is 1. The Labute approximate surface area is 164 Å². The Balaban J connectivity index is 1.67. The molecule has 4 aromatic rings. The van der Waals surface area contributed by atoms with Gasteiger partial charge in [0, 0.05) is 27.3 Å². The first-order chi connectivity index (χ1) is 13.3. The highest BCUT2D eigenvalue weighted by Crippen LogP contribution is 2.36. The van der Waals surface area contributed by atoms with E-state index in [0.29, 0.717) is 33.0 Å². The van der Waals surface area contributed by atoms with Gasteiger partial charge in [0.1, 0.15) is 5.82 Å². The molecule has 0 fully saturated rings. The smallest absolute Gasteiger partial charge is 0.298 e. The number of carbonyl (C=O) groups excluding carboxylic acids is 1. The van der Waals surface area contributed by atoms with Crippen LogP contribution >= 0.6 is 11.6 Å². The molecule has 0 bridgehead atoms. The first-order valence-corrected chi connectivity index (χ1v) is 8.77. The number of nitrogens with one attached hydrogen (secondary N) is 1. The molecule has 0 radical (unpaired) electrons. The number of amides is 1. The van der Waals surface area contributed by atoms with Gasteiger partial charge in [-0.1, -0.05) is 48.0 Å². The zero-order valence-corrected chi connectivity index (χ0v) is 15.2. The third kappa shape index (κ3) is 3.23. The number of aromatic amines is 1. The minimum atomic E-state index is -3.15. The van der Waals surface area contributed by atoms with Crippen LogP contribution in [0, 0.1) is 0 Å². The van der Waals surface area contributed by atoms with Gasteiger partial charge in [-0.15, -0.1) is 0 Å². The van der Waals surface area contributed by atoms with E-state index in [0.717, 1.165) is 0 Å². The number of carbonyl (C=O) groups is 1. The van der Waals surface area contributed by atoms with E-state index in [4.69, 9.17) is 17.3 Å². The summed E-state index contributed by atoms with van der Waals surface area (Å²) in [5, 5.41) is 0.402. The molecule has 4 nitrogen and oxygen atoms in total. The molecule has 0 spiro atoms. The molecule has 0 saturated heterocycles. The molecule has 0 aliphatic rings. The molecule has 28 heavy (non-hydrogen) atoms. The molecule has 0 aliphatic carbocycles. The fraction of sp³-hybridized carbons (Fsp3) is 0.0476. The Hall–Kier alpha value is -3.25. The van der Waals surface area contributed by atoms with Gasteiger partial charge in [0.25, 0.3) is 5.92 Å². The summed E-state index contributed by atoms with van der Waals surface area (Å²) in [5.74, 6) is -3.17. The molecule has 3 N–H and O–H groups in total. The van der Waals surface area contributed by atoms with Crippen LogP contribution in [0.5, 0.6) is 0 Å². The molecule has 1 aromatic heterocycles. The highest BCUT2D eigenvalue weighted by molar-refractivity contribution is 6.30. The molecule has 0 saturated carbocycles. The first kappa shape index (κ1) is 18.1. The summed E-state index contributed by atoms with van der Waals surface area (Å²) >= 11 is 5.78. The van der Waals surface area contributed by atoms with Crippen molar-refractivity contribution >= 4 is 28.5 Å². The summed E-state index contributed by atoms with van der Waals surface area (Å²) < 4.78 is 29.5. The Bertz CT molecular complexity index is 1170. The number of nitrogens with two attached hydrogens (primary N) is 1. The first-order valence-electron chi connectivity index (χ1n) is 8.39. The van der Waals surface area contributed by atoms with Gasteiger partial charge in [-0.05, 0) is 30.3 Å². The van der Waals surface area contributed by atoms with Crippen LogP contribution in [0.4, 0.5) is 8.78 Å². The largest absolute Gasteiger partial charge is 0.366 e. The second-order valence-corrected chi connectivity index (χ2v) is 6.78. The van der Waals surface area contributed by atoms with E-state index in [1.807, 2.05) is 0 Å². The van der Waals surface area contributed by atoms with Crippen LogP contribution in [-0.2, 0) is 5.92 Å². The second kappa shape index (κ2) is 6.73. The van der Waals surface area contributed by atoms with Gasteiger partial charge in [0.15, 0.2) is 0 Å². The van der Waals surface area contributed by atoms with Crippen LogP contribution < -0.4 is 5.73 Å². The molecule has 0 atom stereocenters. The van der Waals surface area contributed by atoms with Gasteiger partial charge < -0.3 is 10.7 Å². The van der Waals surface area contributed by atoms with E-state index in [-0.39, 0.29) is 11.1 Å². The lowest BCUT2D eigenvalue weighted by molar-refractivity contribution is 0.0428. The van der Waals surface area contributed by atoms with Gasteiger partial charge in [0.05, 0.1) is 11.0 Å². The quantitative estimate of drug-likeness (QED) is 0.501. The van der Waals surface area contributed by atoms with Crippen LogP contribution in [0.25, 0.3) is 22.4 Å². The number of primary amides is 1. The standard InChI is InChI=1S/C21H14ClF2N3O/c22-16-8-6-15(7-9-16)21(23,24)14-4-1-12(2-5-14)20-26-17-10-3-13(19(25)28)11-18(17)27-20/h1-11H,(H2,25,28)(H,26,27). The Morgan fingerprint density at radius 1 is 0.964 bits per heavy atom. The van der Waals surface area contributed by atoms with Gasteiger partial charge in [-0.25, -0.2) is 4.98 Å². The predicted molar refractivity (Wildman–Crippen MR) is 104 cm³/mol. The number of hydrogen-bond acceptors (Lipinski definition) is 2. The molecule has 7 heteroatoms. The molecule has 1 heterocycles. The summed E-state index contributed by atoms with van der Waals surface area (Å²) in [7, 11) is 0. The molecule has 0 unspecified atom stereocenters. The topological polar surface area (TPSA) is 71.8 Å². The van der Waals surface area contributed by atoms with E-state index >= 15 is 0 Å². The van der Waals surface area contributed by atoms with Crippen molar-refractivity contribution in [1.82, 2.24) is 9.97 Å².